The van der Waals surface area contributed by atoms with E-state index >= 15 is 0 Å². The van der Waals surface area contributed by atoms with Crippen LogP contribution in [0, 0.1) is 11.8 Å². The molecule has 0 aliphatic heterocycles. The van der Waals surface area contributed by atoms with Crippen molar-refractivity contribution >= 4 is 29.7 Å². The zero-order valence-electron chi connectivity index (χ0n) is 19.7. The van der Waals surface area contributed by atoms with Gasteiger partial charge in [-0.15, -0.1) is 0 Å². The number of H-pyrrole nitrogens is 1. The van der Waals surface area contributed by atoms with Gasteiger partial charge < -0.3 is 36.9 Å². The number of carbonyl (C=O) groups excluding carboxylic acids is 3. The minimum atomic E-state index is -1.69. The van der Waals surface area contributed by atoms with Gasteiger partial charge in [0.25, 0.3) is 0 Å². The van der Waals surface area contributed by atoms with Gasteiger partial charge in [0.05, 0.1) is 18.8 Å². The Morgan fingerprint density at radius 3 is 2.09 bits per heavy atom. The molecule has 0 saturated carbocycles. The van der Waals surface area contributed by atoms with E-state index < -0.39 is 60.2 Å². The quantitative estimate of drug-likeness (QED) is 0.173. The molecule has 0 fully saturated rings. The lowest BCUT2D eigenvalue weighted by molar-refractivity contribution is -0.147. The molecule has 13 heteroatoms. The fourth-order valence-corrected chi connectivity index (χ4v) is 2.99. The number of nitrogens with one attached hydrogen (secondary N) is 4. The number of carboxylic acids is 2. The summed E-state index contributed by atoms with van der Waals surface area (Å²) in [6, 6.07) is -4.81. The summed E-state index contributed by atoms with van der Waals surface area (Å²) >= 11 is 0. The van der Waals surface area contributed by atoms with Gasteiger partial charge in [-0.2, -0.15) is 0 Å². The second-order valence-electron chi connectivity index (χ2n) is 8.48. The highest BCUT2D eigenvalue weighted by Gasteiger charge is 2.33. The lowest BCUT2D eigenvalue weighted by Gasteiger charge is -2.28. The van der Waals surface area contributed by atoms with E-state index in [1.807, 2.05) is 6.92 Å². The Labute approximate surface area is 197 Å². The third kappa shape index (κ3) is 8.81. The smallest absolute Gasteiger partial charge is 0.326 e. The van der Waals surface area contributed by atoms with Crippen LogP contribution in [-0.2, 0) is 30.4 Å². The lowest BCUT2D eigenvalue weighted by Crippen LogP contribution is -2.59. The minimum Gasteiger partial charge on any atom is -0.481 e. The maximum absolute atomic E-state index is 13.1. The van der Waals surface area contributed by atoms with Crippen LogP contribution in [0.25, 0.3) is 0 Å². The molecule has 1 heterocycles. The van der Waals surface area contributed by atoms with E-state index in [1.54, 1.807) is 20.8 Å². The summed E-state index contributed by atoms with van der Waals surface area (Å²) in [5.74, 6) is -5.50. The molecule has 1 aromatic heterocycles. The van der Waals surface area contributed by atoms with E-state index in [9.17, 15) is 29.1 Å². The van der Waals surface area contributed by atoms with Crippen LogP contribution >= 0.6 is 0 Å². The first-order chi connectivity index (χ1) is 15.9. The Balaban J connectivity index is 3.11. The Bertz CT molecular complexity index is 858. The Morgan fingerprint density at radius 2 is 1.62 bits per heavy atom. The highest BCUT2D eigenvalue weighted by atomic mass is 16.4. The van der Waals surface area contributed by atoms with Crippen molar-refractivity contribution in [3.05, 3.63) is 18.2 Å². The van der Waals surface area contributed by atoms with Gasteiger partial charge in [0.15, 0.2) is 0 Å². The number of nitrogens with zero attached hydrogens (tertiary/aromatic N) is 1. The van der Waals surface area contributed by atoms with Gasteiger partial charge >= 0.3 is 11.9 Å². The monoisotopic (exact) mass is 482 g/mol. The lowest BCUT2D eigenvalue weighted by atomic mass is 9.96. The number of nitrogens with two attached hydrogens (primary N) is 1. The highest BCUT2D eigenvalue weighted by molar-refractivity contribution is 5.94. The first-order valence-corrected chi connectivity index (χ1v) is 11.0. The van der Waals surface area contributed by atoms with E-state index in [-0.39, 0.29) is 18.3 Å². The standard InChI is InChI=1S/C21H34N6O7/c1-5-11(4)17(27-19(31)16(22)10(2)3)20(32)25-13(6-12-8-23-9-24-12)18(30)26-14(21(33)34)7-15(28)29/h8-11,13-14,16-17H,5-7,22H2,1-4H3,(H,23,24)(H,25,32)(H,26,30)(H,27,31)(H,28,29)(H,33,34). The average molecular weight is 483 g/mol. The summed E-state index contributed by atoms with van der Waals surface area (Å²) in [6.07, 6.45) is 2.40. The number of rotatable bonds is 14. The van der Waals surface area contributed by atoms with Crippen LogP contribution in [0.5, 0.6) is 0 Å². The van der Waals surface area contributed by atoms with E-state index in [0.717, 1.165) is 0 Å². The second-order valence-corrected chi connectivity index (χ2v) is 8.48. The third-order valence-corrected chi connectivity index (χ3v) is 5.42. The molecule has 190 valence electrons. The van der Waals surface area contributed by atoms with Crippen LogP contribution in [0.2, 0.25) is 0 Å². The first-order valence-electron chi connectivity index (χ1n) is 11.0. The van der Waals surface area contributed by atoms with E-state index in [4.69, 9.17) is 10.8 Å². The van der Waals surface area contributed by atoms with E-state index in [2.05, 4.69) is 25.9 Å². The molecule has 0 bridgehead atoms. The fraction of sp³-hybridized carbons (Fsp3) is 0.619. The van der Waals surface area contributed by atoms with Crippen molar-refractivity contribution in [1.29, 1.82) is 0 Å². The first kappa shape index (κ1) is 28.6. The molecule has 1 aromatic rings. The van der Waals surface area contributed by atoms with Crippen LogP contribution in [-0.4, -0.2) is 74.0 Å². The SMILES string of the molecule is CCC(C)C(NC(=O)C(N)C(C)C)C(=O)NC(Cc1cnc[nH]1)C(=O)NC(CC(=O)O)C(=O)O. The summed E-state index contributed by atoms with van der Waals surface area (Å²) < 4.78 is 0. The van der Waals surface area contributed by atoms with Crippen LogP contribution in [0.3, 0.4) is 0 Å². The molecule has 0 aliphatic rings. The maximum Gasteiger partial charge on any atom is 0.326 e. The van der Waals surface area contributed by atoms with Gasteiger partial charge in [0.1, 0.15) is 18.1 Å². The number of aliphatic carboxylic acids is 2. The number of aromatic amines is 1. The third-order valence-electron chi connectivity index (χ3n) is 5.42. The molecule has 0 radical (unpaired) electrons. The number of carboxylic acid groups (broad SMARTS) is 2. The second kappa shape index (κ2) is 13.3. The van der Waals surface area contributed by atoms with Gasteiger partial charge in [0.2, 0.25) is 17.7 Å². The van der Waals surface area contributed by atoms with Gasteiger partial charge in [-0.1, -0.05) is 34.1 Å². The van der Waals surface area contributed by atoms with E-state index in [0.29, 0.717) is 12.1 Å². The number of carbonyl (C=O) groups is 5. The van der Waals surface area contributed by atoms with Crippen LogP contribution < -0.4 is 21.7 Å². The van der Waals surface area contributed by atoms with Crippen molar-refractivity contribution in [2.45, 2.75) is 71.1 Å². The molecule has 0 spiro atoms. The predicted octanol–water partition coefficient (Wildman–Crippen LogP) is -1.00. The van der Waals surface area contributed by atoms with Crippen LogP contribution in [0.1, 0.15) is 46.2 Å². The highest BCUT2D eigenvalue weighted by Crippen LogP contribution is 2.11. The molecule has 8 N–H and O–H groups in total. The molecule has 34 heavy (non-hydrogen) atoms. The topological polar surface area (TPSA) is 217 Å². The van der Waals surface area contributed by atoms with Crippen molar-refractivity contribution in [1.82, 2.24) is 25.9 Å². The number of amides is 3. The summed E-state index contributed by atoms with van der Waals surface area (Å²) in [7, 11) is 0. The summed E-state index contributed by atoms with van der Waals surface area (Å²) in [4.78, 5) is 67.4. The molecule has 5 atom stereocenters. The van der Waals surface area contributed by atoms with E-state index in [1.165, 1.54) is 12.5 Å². The van der Waals surface area contributed by atoms with Crippen molar-refractivity contribution in [2.75, 3.05) is 0 Å². The van der Waals surface area contributed by atoms with Crippen molar-refractivity contribution in [3.8, 4) is 0 Å². The number of hydrogen-bond acceptors (Lipinski definition) is 7. The molecule has 0 saturated heterocycles. The molecule has 5 unspecified atom stereocenters. The fourth-order valence-electron chi connectivity index (χ4n) is 2.99. The molecular formula is C21H34N6O7. The van der Waals surface area contributed by atoms with Crippen LogP contribution in [0.15, 0.2) is 12.5 Å². The van der Waals surface area contributed by atoms with Gasteiger partial charge in [-0.05, 0) is 11.8 Å². The van der Waals surface area contributed by atoms with Gasteiger partial charge in [-0.25, -0.2) is 9.78 Å². The molecule has 0 aromatic carbocycles. The summed E-state index contributed by atoms with van der Waals surface area (Å²) in [5, 5.41) is 25.5. The van der Waals surface area contributed by atoms with Crippen molar-refractivity contribution in [3.63, 3.8) is 0 Å². The summed E-state index contributed by atoms with van der Waals surface area (Å²) in [6.45, 7) is 7.12. The van der Waals surface area contributed by atoms with Gasteiger partial charge in [-0.3, -0.25) is 19.2 Å². The number of hydrogen-bond donors (Lipinski definition) is 7. The average Bonchev–Trinajstić information content (AvgIpc) is 3.27. The normalized spacial score (nSPS) is 15.5. The van der Waals surface area contributed by atoms with Gasteiger partial charge in [0, 0.05) is 18.3 Å². The molecule has 1 rings (SSSR count). The number of aromatic nitrogens is 2. The minimum absolute atomic E-state index is 0.0797. The largest absolute Gasteiger partial charge is 0.481 e. The number of imidazole rings is 1. The Kier molecular flexibility index (Phi) is 11.2. The van der Waals surface area contributed by atoms with Crippen molar-refractivity contribution < 1.29 is 34.2 Å². The molecule has 0 aliphatic carbocycles. The van der Waals surface area contributed by atoms with Crippen LogP contribution in [0.4, 0.5) is 0 Å². The predicted molar refractivity (Wildman–Crippen MR) is 120 cm³/mol. The Morgan fingerprint density at radius 1 is 1.00 bits per heavy atom. The maximum atomic E-state index is 13.1. The molecular weight excluding hydrogens is 448 g/mol. The zero-order chi connectivity index (χ0) is 26.0. The van der Waals surface area contributed by atoms with Crippen molar-refractivity contribution in [2.24, 2.45) is 17.6 Å². The zero-order valence-corrected chi connectivity index (χ0v) is 19.7. The molecule has 3 amide bonds. The summed E-state index contributed by atoms with van der Waals surface area (Å²) in [5.41, 5.74) is 6.36. The molecule has 13 nitrogen and oxygen atoms in total. The Hall–Kier alpha value is -3.48.